The molecule has 5 heteroatoms. The Hall–Kier alpha value is -2.01. The van der Waals surface area contributed by atoms with E-state index in [0.29, 0.717) is 24.3 Å². The summed E-state index contributed by atoms with van der Waals surface area (Å²) in [6.45, 7) is 4.39. The summed E-state index contributed by atoms with van der Waals surface area (Å²) in [5.74, 6) is -0.112. The lowest BCUT2D eigenvalue weighted by Gasteiger charge is -2.11. The van der Waals surface area contributed by atoms with Crippen LogP contribution < -0.4 is 0 Å². The van der Waals surface area contributed by atoms with Crippen molar-refractivity contribution in [2.75, 3.05) is 20.7 Å². The van der Waals surface area contributed by atoms with Crippen LogP contribution in [0.3, 0.4) is 0 Å². The van der Waals surface area contributed by atoms with Crippen LogP contribution in [0.15, 0.2) is 16.5 Å². The first kappa shape index (κ1) is 14.4. The maximum atomic E-state index is 11.9. The SMILES string of the molecule is CCOC(=O)c1oc2c(CN(C)C)c(O)ccc2c1C. The summed E-state index contributed by atoms with van der Waals surface area (Å²) >= 11 is 0. The Kier molecular flexibility index (Phi) is 3.99. The predicted octanol–water partition coefficient (Wildman–Crippen LogP) is 2.69. The number of aryl methyl sites for hydroxylation is 1. The van der Waals surface area contributed by atoms with Gasteiger partial charge in [0.05, 0.1) is 12.2 Å². The number of benzene rings is 1. The highest BCUT2D eigenvalue weighted by atomic mass is 16.5. The number of rotatable bonds is 4. The molecule has 0 spiro atoms. The Labute approximate surface area is 117 Å². The van der Waals surface area contributed by atoms with Crippen LogP contribution in [0.2, 0.25) is 0 Å². The normalized spacial score (nSPS) is 11.2. The molecular weight excluding hydrogens is 258 g/mol. The Bertz CT molecular complexity index is 643. The van der Waals surface area contributed by atoms with Gasteiger partial charge in [0.25, 0.3) is 0 Å². The number of hydrogen-bond acceptors (Lipinski definition) is 5. The van der Waals surface area contributed by atoms with E-state index in [1.807, 2.05) is 25.9 Å². The lowest BCUT2D eigenvalue weighted by atomic mass is 10.1. The van der Waals surface area contributed by atoms with Gasteiger partial charge in [-0.15, -0.1) is 0 Å². The summed E-state index contributed by atoms with van der Waals surface area (Å²) in [5.41, 5.74) is 1.95. The van der Waals surface area contributed by atoms with Gasteiger partial charge in [-0.1, -0.05) is 0 Å². The molecule has 5 nitrogen and oxygen atoms in total. The standard InChI is InChI=1S/C15H19NO4/c1-5-19-15(18)13-9(2)10-6-7-12(17)11(8-16(3)4)14(10)20-13/h6-7,17H,5,8H2,1-4H3. The molecule has 0 bridgehead atoms. The summed E-state index contributed by atoms with van der Waals surface area (Å²) < 4.78 is 10.6. The summed E-state index contributed by atoms with van der Waals surface area (Å²) in [6, 6.07) is 3.38. The van der Waals surface area contributed by atoms with Crippen LogP contribution in [0.1, 0.15) is 28.6 Å². The van der Waals surface area contributed by atoms with E-state index < -0.39 is 5.97 Å². The number of phenolic OH excluding ortho intramolecular Hbond substituents is 1. The number of furan rings is 1. The molecule has 0 saturated heterocycles. The minimum atomic E-state index is -0.475. The average molecular weight is 277 g/mol. The molecule has 0 radical (unpaired) electrons. The Morgan fingerprint density at radius 3 is 2.70 bits per heavy atom. The van der Waals surface area contributed by atoms with Crippen LogP contribution in [0, 0.1) is 6.92 Å². The minimum absolute atomic E-state index is 0.162. The topological polar surface area (TPSA) is 62.9 Å². The Morgan fingerprint density at radius 2 is 2.10 bits per heavy atom. The van der Waals surface area contributed by atoms with Crippen molar-refractivity contribution >= 4 is 16.9 Å². The van der Waals surface area contributed by atoms with E-state index in [1.54, 1.807) is 19.1 Å². The quantitative estimate of drug-likeness (QED) is 0.870. The highest BCUT2D eigenvalue weighted by Crippen LogP contribution is 2.33. The van der Waals surface area contributed by atoms with Crippen molar-refractivity contribution < 1.29 is 19.1 Å². The second kappa shape index (κ2) is 5.54. The van der Waals surface area contributed by atoms with E-state index >= 15 is 0 Å². The lowest BCUT2D eigenvalue weighted by Crippen LogP contribution is -2.10. The zero-order valence-corrected chi connectivity index (χ0v) is 12.2. The number of phenols is 1. The highest BCUT2D eigenvalue weighted by Gasteiger charge is 2.22. The summed E-state index contributed by atoms with van der Waals surface area (Å²) in [5, 5.41) is 10.8. The number of nitrogens with zero attached hydrogens (tertiary/aromatic N) is 1. The zero-order chi connectivity index (χ0) is 14.9. The molecule has 1 N–H and O–H groups in total. The van der Waals surface area contributed by atoms with Gasteiger partial charge in [-0.2, -0.15) is 0 Å². The maximum Gasteiger partial charge on any atom is 0.374 e. The van der Waals surface area contributed by atoms with E-state index in [4.69, 9.17) is 9.15 Å². The summed E-state index contributed by atoms with van der Waals surface area (Å²) in [6.07, 6.45) is 0. The third-order valence-electron chi connectivity index (χ3n) is 3.12. The van der Waals surface area contributed by atoms with Crippen molar-refractivity contribution in [2.45, 2.75) is 20.4 Å². The smallest absolute Gasteiger partial charge is 0.374 e. The molecule has 0 amide bonds. The number of fused-ring (bicyclic) bond motifs is 1. The van der Waals surface area contributed by atoms with E-state index in [-0.39, 0.29) is 11.5 Å². The van der Waals surface area contributed by atoms with Crippen LogP contribution in [0.5, 0.6) is 5.75 Å². The van der Waals surface area contributed by atoms with E-state index in [9.17, 15) is 9.90 Å². The van der Waals surface area contributed by atoms with Crippen LogP contribution in [-0.4, -0.2) is 36.7 Å². The molecule has 0 saturated carbocycles. The maximum absolute atomic E-state index is 11.9. The number of ether oxygens (including phenoxy) is 1. The van der Waals surface area contributed by atoms with Crippen molar-refractivity contribution in [3.8, 4) is 5.75 Å². The molecule has 0 unspecified atom stereocenters. The summed E-state index contributed by atoms with van der Waals surface area (Å²) in [4.78, 5) is 13.8. The van der Waals surface area contributed by atoms with Gasteiger partial charge in [0.2, 0.25) is 5.76 Å². The van der Waals surface area contributed by atoms with E-state index in [1.165, 1.54) is 0 Å². The van der Waals surface area contributed by atoms with Crippen molar-refractivity contribution in [1.29, 1.82) is 0 Å². The fourth-order valence-electron chi connectivity index (χ4n) is 2.19. The molecule has 1 aromatic heterocycles. The molecule has 2 rings (SSSR count). The third-order valence-corrected chi connectivity index (χ3v) is 3.12. The molecular formula is C15H19NO4. The van der Waals surface area contributed by atoms with Crippen molar-refractivity contribution in [3.05, 3.63) is 29.0 Å². The first-order valence-corrected chi connectivity index (χ1v) is 6.51. The predicted molar refractivity (Wildman–Crippen MR) is 76.0 cm³/mol. The van der Waals surface area contributed by atoms with E-state index in [0.717, 1.165) is 10.9 Å². The van der Waals surface area contributed by atoms with Crippen LogP contribution in [0.4, 0.5) is 0 Å². The van der Waals surface area contributed by atoms with Gasteiger partial charge in [0.15, 0.2) is 0 Å². The molecule has 0 aliphatic heterocycles. The van der Waals surface area contributed by atoms with Crippen LogP contribution in [0.25, 0.3) is 11.0 Å². The fraction of sp³-hybridized carbons (Fsp3) is 0.400. The number of hydrogen-bond donors (Lipinski definition) is 1. The second-order valence-electron chi connectivity index (χ2n) is 4.95. The van der Waals surface area contributed by atoms with Gasteiger partial charge in [0.1, 0.15) is 11.3 Å². The van der Waals surface area contributed by atoms with Crippen LogP contribution in [-0.2, 0) is 11.3 Å². The largest absolute Gasteiger partial charge is 0.507 e. The number of carbonyl (C=O) groups excluding carboxylic acids is 1. The number of esters is 1. The molecule has 0 aliphatic rings. The van der Waals surface area contributed by atoms with Gasteiger partial charge >= 0.3 is 5.97 Å². The molecule has 108 valence electrons. The highest BCUT2D eigenvalue weighted by molar-refractivity contribution is 5.97. The molecule has 0 fully saturated rings. The molecule has 1 aromatic carbocycles. The zero-order valence-electron chi connectivity index (χ0n) is 12.2. The van der Waals surface area contributed by atoms with Crippen molar-refractivity contribution in [3.63, 3.8) is 0 Å². The molecule has 2 aromatic rings. The Morgan fingerprint density at radius 1 is 1.40 bits per heavy atom. The monoisotopic (exact) mass is 277 g/mol. The minimum Gasteiger partial charge on any atom is -0.507 e. The van der Waals surface area contributed by atoms with Gasteiger partial charge in [-0.25, -0.2) is 4.79 Å². The van der Waals surface area contributed by atoms with Crippen molar-refractivity contribution in [1.82, 2.24) is 4.90 Å². The number of carbonyl (C=O) groups is 1. The van der Waals surface area contributed by atoms with Crippen LogP contribution >= 0.6 is 0 Å². The van der Waals surface area contributed by atoms with Crippen molar-refractivity contribution in [2.24, 2.45) is 0 Å². The summed E-state index contributed by atoms with van der Waals surface area (Å²) in [7, 11) is 3.81. The lowest BCUT2D eigenvalue weighted by molar-refractivity contribution is 0.0491. The van der Waals surface area contributed by atoms with Gasteiger partial charge < -0.3 is 19.2 Å². The third kappa shape index (κ3) is 2.49. The average Bonchev–Trinajstić information content (AvgIpc) is 2.71. The molecule has 20 heavy (non-hydrogen) atoms. The second-order valence-corrected chi connectivity index (χ2v) is 4.95. The van der Waals surface area contributed by atoms with Gasteiger partial charge in [0, 0.05) is 17.5 Å². The Balaban J connectivity index is 2.61. The van der Waals surface area contributed by atoms with E-state index in [2.05, 4.69) is 0 Å². The molecule has 1 heterocycles. The molecule has 0 atom stereocenters. The van der Waals surface area contributed by atoms with Gasteiger partial charge in [-0.05, 0) is 40.1 Å². The fourth-order valence-corrected chi connectivity index (χ4v) is 2.19. The number of aromatic hydroxyl groups is 1. The first-order valence-electron chi connectivity index (χ1n) is 6.51. The molecule has 0 aliphatic carbocycles. The first-order chi connectivity index (χ1) is 9.45. The van der Waals surface area contributed by atoms with Gasteiger partial charge in [-0.3, -0.25) is 0 Å².